The fourth-order valence-electron chi connectivity index (χ4n) is 1.83. The summed E-state index contributed by atoms with van der Waals surface area (Å²) in [6.45, 7) is 5.17. The Morgan fingerprint density at radius 2 is 1.94 bits per heavy atom. The number of carbonyl (C=O) groups is 1. The zero-order valence-corrected chi connectivity index (χ0v) is 11.6. The van der Waals surface area contributed by atoms with Crippen molar-refractivity contribution in [2.75, 3.05) is 0 Å². The zero-order valence-electron chi connectivity index (χ0n) is 10.1. The number of hydrogen-bond acceptors (Lipinski definition) is 3. The molecule has 2 aromatic rings. The lowest BCUT2D eigenvalue weighted by molar-refractivity contribution is 0.0933. The van der Waals surface area contributed by atoms with Crippen LogP contribution in [0.15, 0.2) is 15.3 Å². The van der Waals surface area contributed by atoms with Gasteiger partial charge in [0.1, 0.15) is 5.02 Å². The largest absolute Gasteiger partial charge is 0.426 e. The summed E-state index contributed by atoms with van der Waals surface area (Å²) in [7, 11) is 0. The molecule has 1 aromatic carbocycles. The Balaban J connectivity index is 2.97. The molecule has 0 unspecified atom stereocenters. The lowest BCUT2D eigenvalue weighted by atomic mass is 10.0. The second-order valence-corrected chi connectivity index (χ2v) is 5.08. The van der Waals surface area contributed by atoms with Gasteiger partial charge in [-0.25, -0.2) is 9.36 Å². The highest BCUT2D eigenvalue weighted by Gasteiger charge is 2.20. The number of carbonyl (C=O) groups excluding carboxylic acids is 1. The van der Waals surface area contributed by atoms with Gasteiger partial charge in [0.25, 0.3) is 0 Å². The van der Waals surface area contributed by atoms with Crippen LogP contribution in [0.4, 0.5) is 0 Å². The number of nitrogens with zero attached hydrogens (tertiary/aromatic N) is 1. The van der Waals surface area contributed by atoms with E-state index in [0.29, 0.717) is 10.5 Å². The van der Waals surface area contributed by atoms with E-state index in [4.69, 9.17) is 27.6 Å². The van der Waals surface area contributed by atoms with Crippen LogP contribution < -0.4 is 5.76 Å². The molecule has 0 saturated carbocycles. The monoisotopic (exact) mass is 287 g/mol. The van der Waals surface area contributed by atoms with Crippen molar-refractivity contribution >= 4 is 40.2 Å². The molecule has 0 atom stereocenters. The summed E-state index contributed by atoms with van der Waals surface area (Å²) in [6.07, 6.45) is 0. The first kappa shape index (κ1) is 13.2. The van der Waals surface area contributed by atoms with Crippen molar-refractivity contribution in [3.63, 3.8) is 0 Å². The number of aromatic nitrogens is 1. The topological polar surface area (TPSA) is 52.2 Å². The maximum Gasteiger partial charge on any atom is 0.426 e. The van der Waals surface area contributed by atoms with Gasteiger partial charge in [-0.1, -0.05) is 37.0 Å². The molecule has 0 bridgehead atoms. The lowest BCUT2D eigenvalue weighted by Gasteiger charge is -2.09. The van der Waals surface area contributed by atoms with Crippen molar-refractivity contribution in [1.82, 2.24) is 4.57 Å². The Labute approximate surface area is 113 Å². The number of fused-ring (bicyclic) bond motifs is 1. The number of halogens is 2. The average Bonchev–Trinajstić information content (AvgIpc) is 2.59. The van der Waals surface area contributed by atoms with Crippen molar-refractivity contribution in [3.8, 4) is 0 Å². The summed E-state index contributed by atoms with van der Waals surface area (Å²) in [6, 6.07) is 1.67. The molecule has 0 aliphatic heterocycles. The third-order valence-corrected chi connectivity index (χ3v) is 3.58. The van der Waals surface area contributed by atoms with Crippen molar-refractivity contribution in [3.05, 3.63) is 32.2 Å². The minimum Gasteiger partial charge on any atom is -0.406 e. The van der Waals surface area contributed by atoms with Crippen molar-refractivity contribution in [2.24, 2.45) is 0 Å². The molecule has 2 rings (SSSR count). The van der Waals surface area contributed by atoms with E-state index in [1.807, 2.05) is 13.8 Å². The third kappa shape index (κ3) is 1.85. The molecule has 1 heterocycles. The molecule has 0 fully saturated rings. The van der Waals surface area contributed by atoms with Crippen molar-refractivity contribution in [1.29, 1.82) is 0 Å². The molecule has 0 spiro atoms. The first-order valence-electron chi connectivity index (χ1n) is 5.39. The van der Waals surface area contributed by atoms with E-state index in [2.05, 4.69) is 0 Å². The van der Waals surface area contributed by atoms with Crippen LogP contribution in [0.1, 0.15) is 37.0 Å². The predicted octanol–water partition coefficient (Wildman–Crippen LogP) is 3.68. The van der Waals surface area contributed by atoms with Gasteiger partial charge in [0.15, 0.2) is 5.58 Å². The van der Waals surface area contributed by atoms with Gasteiger partial charge < -0.3 is 4.42 Å². The quantitative estimate of drug-likeness (QED) is 0.804. The molecular weight excluding hydrogens is 277 g/mol. The van der Waals surface area contributed by atoms with Crippen LogP contribution >= 0.6 is 23.2 Å². The van der Waals surface area contributed by atoms with Crippen LogP contribution in [-0.4, -0.2) is 10.5 Å². The highest BCUT2D eigenvalue weighted by Crippen LogP contribution is 2.36. The van der Waals surface area contributed by atoms with Gasteiger partial charge in [-0.05, 0) is 17.5 Å². The van der Waals surface area contributed by atoms with E-state index >= 15 is 0 Å². The normalized spacial score (nSPS) is 11.4. The molecule has 6 heteroatoms. The molecule has 4 nitrogen and oxygen atoms in total. The van der Waals surface area contributed by atoms with Gasteiger partial charge in [0, 0.05) is 6.92 Å². The van der Waals surface area contributed by atoms with E-state index < -0.39 is 11.7 Å². The van der Waals surface area contributed by atoms with Crippen LogP contribution in [0.5, 0.6) is 0 Å². The van der Waals surface area contributed by atoms with Crippen LogP contribution in [0.25, 0.3) is 11.1 Å². The maximum absolute atomic E-state index is 11.6. The fourth-order valence-corrected chi connectivity index (χ4v) is 2.43. The zero-order chi connectivity index (χ0) is 13.6. The first-order chi connectivity index (χ1) is 8.34. The Morgan fingerprint density at radius 1 is 1.33 bits per heavy atom. The lowest BCUT2D eigenvalue weighted by Crippen LogP contribution is -2.19. The fraction of sp³-hybridized carbons (Fsp3) is 0.333. The Kier molecular flexibility index (Phi) is 3.25. The van der Waals surface area contributed by atoms with Gasteiger partial charge in [-0.15, -0.1) is 0 Å². The molecule has 18 heavy (non-hydrogen) atoms. The first-order valence-corrected chi connectivity index (χ1v) is 6.14. The molecule has 0 aliphatic rings. The predicted molar refractivity (Wildman–Crippen MR) is 70.9 cm³/mol. The Morgan fingerprint density at radius 3 is 2.44 bits per heavy atom. The molecule has 0 aliphatic carbocycles. The maximum atomic E-state index is 11.6. The van der Waals surface area contributed by atoms with Gasteiger partial charge in [-0.2, -0.15) is 0 Å². The van der Waals surface area contributed by atoms with Crippen LogP contribution in [-0.2, 0) is 0 Å². The molecule has 96 valence electrons. The van der Waals surface area contributed by atoms with Crippen LogP contribution in [0.2, 0.25) is 10.0 Å². The SMILES string of the molecule is CC(=O)n1c(=O)oc2c(Cl)c(Cl)c(C(C)C)cc21. The smallest absolute Gasteiger partial charge is 0.406 e. The minimum absolute atomic E-state index is 0.116. The van der Waals surface area contributed by atoms with Crippen LogP contribution in [0, 0.1) is 0 Å². The Hall–Kier alpha value is -1.26. The third-order valence-electron chi connectivity index (χ3n) is 2.72. The number of benzene rings is 1. The van der Waals surface area contributed by atoms with Gasteiger partial charge in [-0.3, -0.25) is 4.79 Å². The van der Waals surface area contributed by atoms with E-state index in [1.54, 1.807) is 6.07 Å². The second kappa shape index (κ2) is 4.44. The summed E-state index contributed by atoms with van der Waals surface area (Å²) in [5.74, 6) is -1.06. The summed E-state index contributed by atoms with van der Waals surface area (Å²) in [5.41, 5.74) is 1.27. The van der Waals surface area contributed by atoms with Crippen molar-refractivity contribution in [2.45, 2.75) is 26.7 Å². The number of rotatable bonds is 1. The molecular formula is C12H11Cl2NO3. The standard InChI is InChI=1S/C12H11Cl2NO3/c1-5(2)7-4-8-11(10(14)9(7)13)18-12(17)15(8)6(3)16/h4-5H,1-3H3. The van der Waals surface area contributed by atoms with Gasteiger partial charge >= 0.3 is 5.76 Å². The summed E-state index contributed by atoms with van der Waals surface area (Å²) >= 11 is 12.2. The minimum atomic E-state index is -0.753. The van der Waals surface area contributed by atoms with E-state index in [9.17, 15) is 9.59 Å². The summed E-state index contributed by atoms with van der Waals surface area (Å²) in [5, 5.41) is 0.513. The van der Waals surface area contributed by atoms with E-state index in [0.717, 1.165) is 10.1 Å². The Bertz CT molecular complexity index is 697. The number of oxazole rings is 1. The highest BCUT2D eigenvalue weighted by atomic mass is 35.5. The number of hydrogen-bond donors (Lipinski definition) is 0. The average molecular weight is 288 g/mol. The molecule has 0 N–H and O–H groups in total. The van der Waals surface area contributed by atoms with E-state index in [1.165, 1.54) is 6.92 Å². The van der Waals surface area contributed by atoms with Crippen molar-refractivity contribution < 1.29 is 9.21 Å². The molecule has 1 aromatic heterocycles. The van der Waals surface area contributed by atoms with E-state index in [-0.39, 0.29) is 16.5 Å². The second-order valence-electron chi connectivity index (χ2n) is 4.32. The molecule has 0 radical (unpaired) electrons. The highest BCUT2D eigenvalue weighted by molar-refractivity contribution is 6.45. The van der Waals surface area contributed by atoms with Gasteiger partial charge in [0.2, 0.25) is 5.91 Å². The molecule has 0 amide bonds. The van der Waals surface area contributed by atoms with Gasteiger partial charge in [0.05, 0.1) is 10.5 Å². The molecule has 0 saturated heterocycles. The summed E-state index contributed by atoms with van der Waals surface area (Å²) in [4.78, 5) is 23.0. The van der Waals surface area contributed by atoms with Crippen LogP contribution in [0.3, 0.4) is 0 Å². The summed E-state index contributed by atoms with van der Waals surface area (Å²) < 4.78 is 5.92.